The lowest BCUT2D eigenvalue weighted by Crippen LogP contribution is -2.55. The van der Waals surface area contributed by atoms with Crippen molar-refractivity contribution < 1.29 is 35.8 Å². The van der Waals surface area contributed by atoms with E-state index in [1.54, 1.807) is 0 Å². The van der Waals surface area contributed by atoms with E-state index in [0.29, 0.717) is 0 Å². The lowest BCUT2D eigenvalue weighted by molar-refractivity contribution is -0.288. The smallest absolute Gasteiger partial charge is 0.223 e. The summed E-state index contributed by atoms with van der Waals surface area (Å²) < 4.78 is 98.9. The van der Waals surface area contributed by atoms with Gasteiger partial charge in [-0.2, -0.15) is 13.2 Å². The van der Waals surface area contributed by atoms with Crippen LogP contribution in [-0.4, -0.2) is 11.8 Å². The molecule has 1 aliphatic carbocycles. The monoisotopic (exact) mass is 340 g/mol. The van der Waals surface area contributed by atoms with Gasteiger partial charge in [0.05, 0.1) is 5.57 Å². The second-order valence-corrected chi connectivity index (χ2v) is 5.27. The van der Waals surface area contributed by atoms with Crippen LogP contribution in [0.3, 0.4) is 0 Å². The Kier molecular flexibility index (Phi) is 4.09. The van der Waals surface area contributed by atoms with Crippen LogP contribution in [-0.2, 0) is 10.6 Å². The molecule has 126 valence electrons. The van der Waals surface area contributed by atoms with Gasteiger partial charge in [0, 0.05) is 5.56 Å². The third-order valence-electron chi connectivity index (χ3n) is 3.62. The molecule has 0 radical (unpaired) electrons. The van der Waals surface area contributed by atoms with Crippen molar-refractivity contribution in [1.82, 2.24) is 0 Å². The third-order valence-corrected chi connectivity index (χ3v) is 3.62. The second kappa shape index (κ2) is 5.36. The van der Waals surface area contributed by atoms with Crippen LogP contribution in [0.2, 0.25) is 0 Å². The molecule has 0 saturated carbocycles. The van der Waals surface area contributed by atoms with E-state index >= 15 is 4.39 Å². The van der Waals surface area contributed by atoms with Crippen molar-refractivity contribution in [2.75, 3.05) is 0 Å². The highest BCUT2D eigenvalue weighted by Gasteiger charge is 2.73. The number of rotatable bonds is 2. The normalized spacial score (nSPS) is 30.6. The molecule has 0 saturated heterocycles. The maximum Gasteiger partial charge on any atom is 0.327 e. The summed E-state index contributed by atoms with van der Waals surface area (Å²) in [5.41, 5.74) is -7.90. The van der Waals surface area contributed by atoms with Crippen molar-refractivity contribution in [1.29, 1.82) is 0 Å². The van der Waals surface area contributed by atoms with Gasteiger partial charge in [-0.15, -0.1) is 4.94 Å². The van der Waals surface area contributed by atoms with E-state index in [1.807, 2.05) is 0 Å². The maximum absolute atomic E-state index is 15.0. The first kappa shape index (κ1) is 17.5. The maximum atomic E-state index is 15.0. The summed E-state index contributed by atoms with van der Waals surface area (Å²) in [4.78, 5) is 2.66. The van der Waals surface area contributed by atoms with Crippen molar-refractivity contribution in [3.63, 3.8) is 0 Å². The molecule has 1 aromatic rings. The summed E-state index contributed by atoms with van der Waals surface area (Å²) in [5, 5.41) is 0. The topological polar surface area (TPSA) is 9.23 Å². The van der Waals surface area contributed by atoms with E-state index in [2.05, 4.69) is 4.94 Å². The Morgan fingerprint density at radius 2 is 1.43 bits per heavy atom. The van der Waals surface area contributed by atoms with Gasteiger partial charge in [-0.25, -0.2) is 13.2 Å². The van der Waals surface area contributed by atoms with E-state index in [-0.39, 0.29) is 0 Å². The molecule has 0 fully saturated rings. The number of halogens is 7. The van der Waals surface area contributed by atoms with Crippen molar-refractivity contribution >= 4 is 0 Å². The first-order valence-electron chi connectivity index (χ1n) is 6.40. The van der Waals surface area contributed by atoms with Gasteiger partial charge >= 0.3 is 11.8 Å². The van der Waals surface area contributed by atoms with Crippen molar-refractivity contribution in [3.8, 4) is 0 Å². The first-order chi connectivity index (χ1) is 10.5. The van der Waals surface area contributed by atoms with Crippen molar-refractivity contribution in [2.24, 2.45) is 0 Å². The van der Waals surface area contributed by atoms with Crippen molar-refractivity contribution in [2.45, 2.75) is 31.3 Å². The predicted molar refractivity (Wildman–Crippen MR) is 67.8 cm³/mol. The van der Waals surface area contributed by atoms with Gasteiger partial charge in [-0.05, 0) is 18.4 Å². The zero-order valence-corrected chi connectivity index (χ0v) is 11.9. The highest BCUT2D eigenvalue weighted by Crippen LogP contribution is 2.61. The molecule has 0 aromatic heterocycles. The molecule has 2 rings (SSSR count). The average Bonchev–Trinajstić information content (AvgIpc) is 2.51. The Balaban J connectivity index is 2.93. The molecule has 0 amide bonds. The number of hydrogen-bond acceptors (Lipinski definition) is 1. The van der Waals surface area contributed by atoms with Gasteiger partial charge in [0.2, 0.25) is 5.83 Å². The van der Waals surface area contributed by atoms with Gasteiger partial charge in [0.1, 0.15) is 0 Å². The van der Waals surface area contributed by atoms with Crippen LogP contribution in [0, 0.1) is 0 Å². The summed E-state index contributed by atoms with van der Waals surface area (Å²) >= 11 is 0. The molecule has 0 bridgehead atoms. The molecule has 23 heavy (non-hydrogen) atoms. The van der Waals surface area contributed by atoms with Gasteiger partial charge < -0.3 is 0 Å². The quantitative estimate of drug-likeness (QED) is 0.506. The molecule has 2 unspecified atom stereocenters. The zero-order valence-electron chi connectivity index (χ0n) is 11.9. The molecule has 0 aliphatic heterocycles. The minimum Gasteiger partial charge on any atom is -0.223 e. The highest BCUT2D eigenvalue weighted by molar-refractivity contribution is 5.50. The molecule has 1 aliphatic rings. The average molecular weight is 340 g/mol. The Hall–Kier alpha value is -1.83. The fourth-order valence-corrected chi connectivity index (χ4v) is 2.60. The lowest BCUT2D eigenvalue weighted by atomic mass is 9.75. The fourth-order valence-electron chi connectivity index (χ4n) is 2.60. The largest absolute Gasteiger partial charge is 0.327 e. The predicted octanol–water partition coefficient (Wildman–Crippen LogP) is 5.55. The molecule has 0 heterocycles. The van der Waals surface area contributed by atoms with Crippen LogP contribution >= 0.6 is 0 Å². The van der Waals surface area contributed by atoms with Crippen LogP contribution in [0.1, 0.15) is 19.4 Å². The van der Waals surface area contributed by atoms with Gasteiger partial charge in [-0.3, -0.25) is 0 Å². The van der Waals surface area contributed by atoms with Gasteiger partial charge in [0.25, 0.3) is 5.67 Å². The Labute approximate surface area is 127 Å². The summed E-state index contributed by atoms with van der Waals surface area (Å²) in [7, 11) is 0. The minimum atomic E-state index is -4.94. The fraction of sp³-hybridized carbons (Fsp3) is 0.333. The van der Waals surface area contributed by atoms with Crippen LogP contribution in [0.15, 0.2) is 53.1 Å². The summed E-state index contributed by atoms with van der Waals surface area (Å²) in [6.07, 6.45) is 0. The van der Waals surface area contributed by atoms with E-state index in [9.17, 15) is 26.5 Å². The zero-order chi connectivity index (χ0) is 17.6. The molecular formula is C15H11F7O. The number of hydrogen-bond donors (Lipinski definition) is 0. The lowest BCUT2D eigenvalue weighted by Gasteiger charge is -2.42. The first-order valence-corrected chi connectivity index (χ1v) is 6.40. The highest BCUT2D eigenvalue weighted by atomic mass is 19.3. The Bertz CT molecular complexity index is 678. The molecule has 0 N–H and O–H groups in total. The van der Waals surface area contributed by atoms with E-state index in [0.717, 1.165) is 38.1 Å². The van der Waals surface area contributed by atoms with E-state index in [1.165, 1.54) is 6.07 Å². The standard InChI is InChI=1S/C15H11F7O/c1-8(2)10-14(19,23-22)12(17)11(16)13(18,15(10,20)21)9-6-4-3-5-7-9/h3-7H,1-2H3. The third kappa shape index (κ3) is 2.11. The molecule has 2 atom stereocenters. The number of allylic oxidation sites excluding steroid dienone is 2. The molecule has 1 nitrogen and oxygen atoms in total. The van der Waals surface area contributed by atoms with Gasteiger partial charge in [-0.1, -0.05) is 35.9 Å². The van der Waals surface area contributed by atoms with Crippen LogP contribution in [0.25, 0.3) is 0 Å². The van der Waals surface area contributed by atoms with Crippen LogP contribution < -0.4 is 0 Å². The minimum absolute atomic E-state index is 0.657. The molecule has 0 spiro atoms. The molecule has 8 heteroatoms. The Morgan fingerprint density at radius 3 is 1.87 bits per heavy atom. The van der Waals surface area contributed by atoms with E-state index in [4.69, 9.17) is 0 Å². The van der Waals surface area contributed by atoms with Crippen LogP contribution in [0.4, 0.5) is 30.9 Å². The number of benzene rings is 1. The summed E-state index contributed by atoms with van der Waals surface area (Å²) in [5.74, 6) is -15.0. The Morgan fingerprint density at radius 1 is 0.913 bits per heavy atom. The summed E-state index contributed by atoms with van der Waals surface area (Å²) in [6, 6.07) is 5.12. The summed E-state index contributed by atoms with van der Waals surface area (Å²) in [6.45, 7) is 1.75. The molecular weight excluding hydrogens is 329 g/mol. The second-order valence-electron chi connectivity index (χ2n) is 5.27. The number of alkyl halides is 4. The van der Waals surface area contributed by atoms with Crippen molar-refractivity contribution in [3.05, 3.63) is 58.7 Å². The molecule has 1 aromatic carbocycles. The SMILES string of the molecule is CC(C)=C1C(F)(OF)C(F)=C(F)C(F)(c2ccccc2)C1(F)F. The van der Waals surface area contributed by atoms with Crippen LogP contribution in [0.5, 0.6) is 0 Å². The van der Waals surface area contributed by atoms with E-state index < -0.39 is 45.8 Å². The van der Waals surface area contributed by atoms with Gasteiger partial charge in [0.15, 0.2) is 5.83 Å².